The highest BCUT2D eigenvalue weighted by Gasteiger charge is 2.10. The predicted molar refractivity (Wildman–Crippen MR) is 63.2 cm³/mol. The van der Waals surface area contributed by atoms with Crippen LogP contribution in [0.2, 0.25) is 0 Å². The van der Waals surface area contributed by atoms with Crippen molar-refractivity contribution in [2.24, 2.45) is 5.73 Å². The lowest BCUT2D eigenvalue weighted by atomic mass is 10.2. The minimum absolute atomic E-state index is 0.0228. The molecule has 1 amide bonds. The van der Waals surface area contributed by atoms with E-state index in [1.165, 1.54) is 0 Å². The van der Waals surface area contributed by atoms with Gasteiger partial charge in [-0.25, -0.2) is 0 Å². The van der Waals surface area contributed by atoms with Gasteiger partial charge in [-0.3, -0.25) is 4.79 Å². The highest BCUT2D eigenvalue weighted by Crippen LogP contribution is 1.95. The molecule has 5 heteroatoms. The van der Waals surface area contributed by atoms with E-state index in [-0.39, 0.29) is 11.9 Å². The zero-order chi connectivity index (χ0) is 12.2. The number of nitrogens with one attached hydrogen (secondary N) is 1. The van der Waals surface area contributed by atoms with Crippen LogP contribution in [0.4, 0.5) is 0 Å². The van der Waals surface area contributed by atoms with Gasteiger partial charge in [-0.05, 0) is 26.3 Å². The average Bonchev–Trinajstić information content (AvgIpc) is 2.25. The summed E-state index contributed by atoms with van der Waals surface area (Å²) in [4.78, 5) is 11.5. The molecule has 0 saturated heterocycles. The van der Waals surface area contributed by atoms with Crippen LogP contribution in [0.5, 0.6) is 0 Å². The molecule has 0 rings (SSSR count). The van der Waals surface area contributed by atoms with Crippen molar-refractivity contribution in [2.75, 3.05) is 33.5 Å². The molecule has 0 bridgehead atoms. The molecular weight excluding hydrogens is 208 g/mol. The lowest BCUT2D eigenvalue weighted by Crippen LogP contribution is -2.39. The van der Waals surface area contributed by atoms with Crippen molar-refractivity contribution in [1.29, 1.82) is 0 Å². The molecule has 5 nitrogen and oxygen atoms in total. The lowest BCUT2D eigenvalue weighted by molar-refractivity contribution is -0.122. The average molecular weight is 232 g/mol. The fourth-order valence-corrected chi connectivity index (χ4v) is 1.38. The van der Waals surface area contributed by atoms with E-state index >= 15 is 0 Å². The van der Waals surface area contributed by atoms with Gasteiger partial charge in [0.25, 0.3) is 0 Å². The van der Waals surface area contributed by atoms with Gasteiger partial charge in [-0.15, -0.1) is 0 Å². The van der Waals surface area contributed by atoms with Crippen molar-refractivity contribution in [3.63, 3.8) is 0 Å². The quantitative estimate of drug-likeness (QED) is 0.531. The lowest BCUT2D eigenvalue weighted by Gasteiger charge is -2.16. The molecule has 0 radical (unpaired) electrons. The second-order valence-corrected chi connectivity index (χ2v) is 3.60. The number of amides is 1. The first kappa shape index (κ1) is 15.3. The molecule has 0 heterocycles. The maximum atomic E-state index is 11.5. The molecule has 1 atom stereocenters. The molecule has 0 spiro atoms. The van der Waals surface area contributed by atoms with E-state index in [2.05, 4.69) is 5.32 Å². The summed E-state index contributed by atoms with van der Waals surface area (Å²) in [5.74, 6) is 0.0372. The third kappa shape index (κ3) is 8.64. The molecule has 0 aliphatic heterocycles. The summed E-state index contributed by atoms with van der Waals surface area (Å²) in [6, 6.07) is 0.0228. The number of hydrogen-bond acceptors (Lipinski definition) is 4. The third-order valence-corrected chi connectivity index (χ3v) is 2.14. The predicted octanol–water partition coefficient (Wildman–Crippen LogP) is 0.283. The maximum absolute atomic E-state index is 11.5. The number of rotatable bonds is 10. The van der Waals surface area contributed by atoms with Crippen LogP contribution in [0.1, 0.15) is 26.2 Å². The van der Waals surface area contributed by atoms with Crippen LogP contribution in [0, 0.1) is 0 Å². The second kappa shape index (κ2) is 10.9. The first-order valence-electron chi connectivity index (χ1n) is 5.80. The summed E-state index contributed by atoms with van der Waals surface area (Å²) in [5.41, 5.74) is 5.45. The highest BCUT2D eigenvalue weighted by atomic mass is 16.5. The number of methoxy groups -OCH3 is 1. The molecule has 0 saturated carbocycles. The summed E-state index contributed by atoms with van der Waals surface area (Å²) in [6.07, 6.45) is 1.98. The summed E-state index contributed by atoms with van der Waals surface area (Å²) >= 11 is 0. The minimum atomic E-state index is 0.0228. The first-order chi connectivity index (χ1) is 7.74. The summed E-state index contributed by atoms with van der Waals surface area (Å²) in [7, 11) is 1.62. The van der Waals surface area contributed by atoms with Crippen molar-refractivity contribution in [2.45, 2.75) is 32.2 Å². The van der Waals surface area contributed by atoms with Gasteiger partial charge in [-0.1, -0.05) is 0 Å². The Balaban J connectivity index is 3.63. The largest absolute Gasteiger partial charge is 0.383 e. The molecule has 0 fully saturated rings. The zero-order valence-corrected chi connectivity index (χ0v) is 10.3. The van der Waals surface area contributed by atoms with Crippen LogP contribution in [0.3, 0.4) is 0 Å². The molecule has 0 aromatic rings. The number of carbonyl (C=O) groups excluding carboxylic acids is 1. The standard InChI is InChI=1S/C11H24N2O3/c1-3-16-8-4-5-11(14)13-10(6-7-12)9-15-2/h10H,3-9,12H2,1-2H3,(H,13,14). The maximum Gasteiger partial charge on any atom is 0.220 e. The van der Waals surface area contributed by atoms with E-state index in [0.29, 0.717) is 32.8 Å². The summed E-state index contributed by atoms with van der Waals surface area (Å²) in [5, 5.41) is 2.90. The Labute approximate surface area is 97.7 Å². The van der Waals surface area contributed by atoms with Crippen LogP contribution < -0.4 is 11.1 Å². The Hall–Kier alpha value is -0.650. The molecule has 3 N–H and O–H groups in total. The van der Waals surface area contributed by atoms with E-state index in [9.17, 15) is 4.79 Å². The van der Waals surface area contributed by atoms with Gasteiger partial charge in [0.05, 0.1) is 12.6 Å². The Morgan fingerprint density at radius 3 is 2.81 bits per heavy atom. The van der Waals surface area contributed by atoms with Crippen molar-refractivity contribution < 1.29 is 14.3 Å². The molecule has 1 unspecified atom stereocenters. The van der Waals surface area contributed by atoms with E-state index in [4.69, 9.17) is 15.2 Å². The Bertz CT molecular complexity index is 171. The SMILES string of the molecule is CCOCCCC(=O)NC(CCN)COC. The van der Waals surface area contributed by atoms with Crippen molar-refractivity contribution in [3.05, 3.63) is 0 Å². The first-order valence-corrected chi connectivity index (χ1v) is 5.80. The van der Waals surface area contributed by atoms with Crippen molar-refractivity contribution in [1.82, 2.24) is 5.32 Å². The van der Waals surface area contributed by atoms with Gasteiger partial charge >= 0.3 is 0 Å². The van der Waals surface area contributed by atoms with Crippen molar-refractivity contribution >= 4 is 5.91 Å². The van der Waals surface area contributed by atoms with Gasteiger partial charge in [0.15, 0.2) is 0 Å². The van der Waals surface area contributed by atoms with Gasteiger partial charge in [0.1, 0.15) is 0 Å². The fourth-order valence-electron chi connectivity index (χ4n) is 1.38. The van der Waals surface area contributed by atoms with E-state index in [0.717, 1.165) is 12.8 Å². The molecule has 0 aromatic carbocycles. The number of carbonyl (C=O) groups is 1. The van der Waals surface area contributed by atoms with E-state index in [1.54, 1.807) is 7.11 Å². The van der Waals surface area contributed by atoms with Gasteiger partial charge < -0.3 is 20.5 Å². The Kier molecular flexibility index (Phi) is 10.4. The minimum Gasteiger partial charge on any atom is -0.383 e. The number of nitrogens with two attached hydrogens (primary N) is 1. The van der Waals surface area contributed by atoms with Crippen LogP contribution in [-0.2, 0) is 14.3 Å². The van der Waals surface area contributed by atoms with Crippen LogP contribution >= 0.6 is 0 Å². The summed E-state index contributed by atoms with van der Waals surface area (Å²) < 4.78 is 10.2. The Morgan fingerprint density at radius 2 is 2.25 bits per heavy atom. The highest BCUT2D eigenvalue weighted by molar-refractivity contribution is 5.76. The van der Waals surface area contributed by atoms with Crippen molar-refractivity contribution in [3.8, 4) is 0 Å². The van der Waals surface area contributed by atoms with Gasteiger partial charge in [0.2, 0.25) is 5.91 Å². The normalized spacial score (nSPS) is 12.4. The molecule has 0 aliphatic carbocycles. The fraction of sp³-hybridized carbons (Fsp3) is 0.909. The molecule has 16 heavy (non-hydrogen) atoms. The van der Waals surface area contributed by atoms with E-state index in [1.807, 2.05) is 6.92 Å². The second-order valence-electron chi connectivity index (χ2n) is 3.60. The molecular formula is C11H24N2O3. The Morgan fingerprint density at radius 1 is 1.50 bits per heavy atom. The topological polar surface area (TPSA) is 73.6 Å². The summed E-state index contributed by atoms with van der Waals surface area (Å²) in [6.45, 7) is 4.33. The third-order valence-electron chi connectivity index (χ3n) is 2.14. The van der Waals surface area contributed by atoms with Gasteiger partial charge in [0, 0.05) is 26.7 Å². The molecule has 96 valence electrons. The van der Waals surface area contributed by atoms with Crippen LogP contribution in [0.15, 0.2) is 0 Å². The monoisotopic (exact) mass is 232 g/mol. The number of hydrogen-bond donors (Lipinski definition) is 2. The van der Waals surface area contributed by atoms with Gasteiger partial charge in [-0.2, -0.15) is 0 Å². The zero-order valence-electron chi connectivity index (χ0n) is 10.3. The van der Waals surface area contributed by atoms with E-state index < -0.39 is 0 Å². The number of ether oxygens (including phenoxy) is 2. The van der Waals surface area contributed by atoms with Crippen LogP contribution in [-0.4, -0.2) is 45.4 Å². The molecule has 0 aliphatic rings. The molecule has 0 aromatic heterocycles. The smallest absolute Gasteiger partial charge is 0.220 e. The van der Waals surface area contributed by atoms with Crippen LogP contribution in [0.25, 0.3) is 0 Å².